The van der Waals surface area contributed by atoms with E-state index in [4.69, 9.17) is 5.73 Å². The number of rotatable bonds is 4. The number of halogens is 1. The molecule has 5 rings (SSSR count). The predicted octanol–water partition coefficient (Wildman–Crippen LogP) is 2.37. The number of nitrogens with zero attached hydrogens (tertiary/aromatic N) is 6. The molecule has 152 valence electrons. The first-order valence-corrected chi connectivity index (χ1v) is 9.95. The summed E-state index contributed by atoms with van der Waals surface area (Å²) in [5.74, 6) is 0.637. The summed E-state index contributed by atoms with van der Waals surface area (Å²) in [6.45, 7) is 0.224. The van der Waals surface area contributed by atoms with Crippen LogP contribution in [0.2, 0.25) is 0 Å². The van der Waals surface area contributed by atoms with Crippen LogP contribution >= 0.6 is 11.3 Å². The summed E-state index contributed by atoms with van der Waals surface area (Å²) in [5, 5.41) is 20.1. The molecular formula is C19H17FN8OS. The minimum absolute atomic E-state index is 0.223. The fraction of sp³-hybridized carbons (Fsp3) is 0.158. The number of nitrogen functional groups attached to an aromatic ring is 1. The summed E-state index contributed by atoms with van der Waals surface area (Å²) in [6.07, 6.45) is 0.766. The number of anilines is 3. The molecule has 0 radical (unpaired) electrons. The van der Waals surface area contributed by atoms with Crippen molar-refractivity contribution < 1.29 is 9.50 Å². The molecule has 0 saturated heterocycles. The number of hydrogen-bond acceptors (Lipinski definition) is 9. The van der Waals surface area contributed by atoms with Crippen molar-refractivity contribution >= 4 is 28.7 Å². The second-order valence-electron chi connectivity index (χ2n) is 6.76. The topological polar surface area (TPSA) is 118 Å². The van der Waals surface area contributed by atoms with Crippen LogP contribution < -0.4 is 16.0 Å². The van der Waals surface area contributed by atoms with E-state index in [0.29, 0.717) is 28.6 Å². The summed E-state index contributed by atoms with van der Waals surface area (Å²) in [6, 6.07) is 8.36. The number of nitrogens with two attached hydrogens (primary N) is 1. The lowest BCUT2D eigenvalue weighted by Gasteiger charge is -2.16. The molecule has 1 aromatic carbocycles. The molecule has 0 fully saturated rings. The average Bonchev–Trinajstić information content (AvgIpc) is 3.44. The highest BCUT2D eigenvalue weighted by molar-refractivity contribution is 7.13. The van der Waals surface area contributed by atoms with E-state index < -0.39 is 6.35 Å². The van der Waals surface area contributed by atoms with E-state index in [0.717, 1.165) is 10.7 Å². The Morgan fingerprint density at radius 2 is 2.13 bits per heavy atom. The molecule has 9 nitrogen and oxygen atoms in total. The second kappa shape index (κ2) is 7.04. The number of fused-ring (bicyclic) bond motifs is 1. The molecule has 4 N–H and O–H groups in total. The molecule has 0 saturated carbocycles. The van der Waals surface area contributed by atoms with Gasteiger partial charge in [0.05, 0.1) is 12.2 Å². The van der Waals surface area contributed by atoms with Crippen molar-refractivity contribution in [3.05, 3.63) is 53.3 Å². The lowest BCUT2D eigenvalue weighted by atomic mass is 10.2. The van der Waals surface area contributed by atoms with Crippen LogP contribution in [0.25, 0.3) is 22.2 Å². The standard InChI is InChI=1S/C19H17FN8OS/c1-27-14-15(21)23-16(24-17(14)25-19(27)29)12-8-13(18-22-6-7-30-18)28(26-12)9-10-4-2-3-5-11(10)20/h2-8,19,29H,9H2,1H3,(H3,21,23,24,25). The number of hydrogen-bond donors (Lipinski definition) is 3. The van der Waals surface area contributed by atoms with Gasteiger partial charge in [0.1, 0.15) is 22.2 Å². The quantitative estimate of drug-likeness (QED) is 0.457. The lowest BCUT2D eigenvalue weighted by Crippen LogP contribution is -2.31. The maximum absolute atomic E-state index is 14.2. The molecule has 1 atom stereocenters. The highest BCUT2D eigenvalue weighted by Gasteiger charge is 2.29. The first-order valence-electron chi connectivity index (χ1n) is 9.07. The zero-order valence-electron chi connectivity index (χ0n) is 15.8. The molecule has 30 heavy (non-hydrogen) atoms. The van der Waals surface area contributed by atoms with E-state index in [1.165, 1.54) is 17.4 Å². The van der Waals surface area contributed by atoms with Gasteiger partial charge in [-0.15, -0.1) is 11.3 Å². The monoisotopic (exact) mass is 424 g/mol. The Balaban J connectivity index is 1.60. The Hall–Kier alpha value is -3.57. The normalized spacial score (nSPS) is 15.3. The first-order chi connectivity index (χ1) is 14.5. The Morgan fingerprint density at radius 3 is 2.90 bits per heavy atom. The third-order valence-corrected chi connectivity index (χ3v) is 5.63. The van der Waals surface area contributed by atoms with Gasteiger partial charge in [-0.1, -0.05) is 18.2 Å². The second-order valence-corrected chi connectivity index (χ2v) is 7.65. The number of thiazole rings is 1. The van der Waals surface area contributed by atoms with Gasteiger partial charge >= 0.3 is 0 Å². The average molecular weight is 424 g/mol. The van der Waals surface area contributed by atoms with Gasteiger partial charge in [-0.2, -0.15) is 5.10 Å². The van der Waals surface area contributed by atoms with Crippen molar-refractivity contribution in [1.82, 2.24) is 24.7 Å². The van der Waals surface area contributed by atoms with Crippen LogP contribution in [0, 0.1) is 5.82 Å². The number of nitrogens with one attached hydrogen (secondary N) is 1. The van der Waals surface area contributed by atoms with Gasteiger partial charge < -0.3 is 21.1 Å². The summed E-state index contributed by atoms with van der Waals surface area (Å²) in [5.41, 5.74) is 8.33. The Morgan fingerprint density at radius 1 is 1.30 bits per heavy atom. The highest BCUT2D eigenvalue weighted by Crippen LogP contribution is 2.37. The molecule has 1 unspecified atom stereocenters. The largest absolute Gasteiger partial charge is 0.382 e. The van der Waals surface area contributed by atoms with Crippen molar-refractivity contribution in [1.29, 1.82) is 0 Å². The van der Waals surface area contributed by atoms with Gasteiger partial charge in [-0.05, 0) is 12.1 Å². The van der Waals surface area contributed by atoms with Crippen molar-refractivity contribution in [3.8, 4) is 22.2 Å². The molecule has 1 aliphatic heterocycles. The third-order valence-electron chi connectivity index (χ3n) is 4.83. The maximum atomic E-state index is 14.2. The maximum Gasteiger partial charge on any atom is 0.206 e. The van der Waals surface area contributed by atoms with Crippen molar-refractivity contribution in [2.75, 3.05) is 23.0 Å². The Kier molecular flexibility index (Phi) is 4.33. The Bertz CT molecular complexity index is 1230. The number of aliphatic hydroxyl groups excluding tert-OH is 1. The van der Waals surface area contributed by atoms with Gasteiger partial charge in [0, 0.05) is 24.2 Å². The minimum Gasteiger partial charge on any atom is -0.382 e. The Labute approximate surface area is 174 Å². The molecule has 4 heterocycles. The number of aromatic nitrogens is 5. The van der Waals surface area contributed by atoms with E-state index in [1.54, 1.807) is 47.1 Å². The molecule has 3 aromatic heterocycles. The van der Waals surface area contributed by atoms with Crippen molar-refractivity contribution in [2.24, 2.45) is 0 Å². The highest BCUT2D eigenvalue weighted by atomic mass is 32.1. The van der Waals surface area contributed by atoms with E-state index in [9.17, 15) is 9.50 Å². The molecule has 1 aliphatic rings. The lowest BCUT2D eigenvalue weighted by molar-refractivity contribution is 0.210. The molecule has 0 bridgehead atoms. The van der Waals surface area contributed by atoms with Crippen molar-refractivity contribution in [3.63, 3.8) is 0 Å². The van der Waals surface area contributed by atoms with Crippen molar-refractivity contribution in [2.45, 2.75) is 12.9 Å². The van der Waals surface area contributed by atoms with Crippen LogP contribution in [0.4, 0.5) is 21.7 Å². The van der Waals surface area contributed by atoms with Crippen LogP contribution in [0.3, 0.4) is 0 Å². The van der Waals surface area contributed by atoms with Crippen LogP contribution in [0.5, 0.6) is 0 Å². The first kappa shape index (κ1) is 18.5. The van der Waals surface area contributed by atoms with Gasteiger partial charge in [0.15, 0.2) is 17.5 Å². The van der Waals surface area contributed by atoms with Crippen LogP contribution in [-0.4, -0.2) is 43.2 Å². The number of benzene rings is 1. The fourth-order valence-corrected chi connectivity index (χ4v) is 3.99. The van der Waals surface area contributed by atoms with E-state index in [2.05, 4.69) is 25.4 Å². The van der Waals surface area contributed by atoms with E-state index in [-0.39, 0.29) is 18.2 Å². The minimum atomic E-state index is -0.934. The molecule has 11 heteroatoms. The molecule has 0 spiro atoms. The molecule has 4 aromatic rings. The fourth-order valence-electron chi connectivity index (χ4n) is 3.33. The summed E-state index contributed by atoms with van der Waals surface area (Å²) in [4.78, 5) is 14.7. The van der Waals surface area contributed by atoms with Crippen LogP contribution in [0.15, 0.2) is 41.9 Å². The zero-order valence-corrected chi connectivity index (χ0v) is 16.6. The summed E-state index contributed by atoms with van der Waals surface area (Å²) < 4.78 is 15.9. The predicted molar refractivity (Wildman–Crippen MR) is 112 cm³/mol. The van der Waals surface area contributed by atoms with Crippen LogP contribution in [-0.2, 0) is 6.54 Å². The van der Waals surface area contributed by atoms with Gasteiger partial charge in [-0.3, -0.25) is 4.68 Å². The molecule has 0 amide bonds. The summed E-state index contributed by atoms with van der Waals surface area (Å²) in [7, 11) is 1.69. The zero-order chi connectivity index (χ0) is 20.8. The smallest absolute Gasteiger partial charge is 0.206 e. The number of aliphatic hydroxyl groups is 1. The van der Waals surface area contributed by atoms with E-state index >= 15 is 0 Å². The van der Waals surface area contributed by atoms with Crippen LogP contribution in [0.1, 0.15) is 5.56 Å². The third kappa shape index (κ3) is 3.04. The SMILES string of the molecule is CN1c2c(N)nc(-c3cc(-c4nccs4)n(Cc4ccccc4F)n3)nc2NC1O. The van der Waals surface area contributed by atoms with Gasteiger partial charge in [-0.25, -0.2) is 19.3 Å². The molecular weight excluding hydrogens is 407 g/mol. The molecule has 0 aliphatic carbocycles. The van der Waals surface area contributed by atoms with Gasteiger partial charge in [0.2, 0.25) is 6.35 Å². The van der Waals surface area contributed by atoms with Gasteiger partial charge in [0.25, 0.3) is 0 Å². The summed E-state index contributed by atoms with van der Waals surface area (Å²) >= 11 is 1.45. The van der Waals surface area contributed by atoms with E-state index in [1.807, 2.05) is 5.38 Å².